The largest absolute Gasteiger partial charge is 0.455 e. The molecule has 5 aliphatic rings. The molecule has 654 valence electrons. The molecule has 9 heteroatoms. The van der Waals surface area contributed by atoms with Crippen molar-refractivity contribution in [3.8, 4) is 89.5 Å². The van der Waals surface area contributed by atoms with Gasteiger partial charge in [0.1, 0.15) is 72.9 Å². The summed E-state index contributed by atoms with van der Waals surface area (Å²) in [4.78, 5) is 4.74. The van der Waals surface area contributed by atoms with Gasteiger partial charge in [0.25, 0.3) is 0 Å². The highest BCUT2D eigenvalue weighted by atomic mass is 16.3. The monoisotopic (exact) mass is 1730 g/mol. The van der Waals surface area contributed by atoms with Crippen molar-refractivity contribution in [1.29, 1.82) is 0 Å². The number of rotatable bonds is 8. The van der Waals surface area contributed by atoms with Crippen LogP contribution in [0, 0.1) is 67.2 Å². The van der Waals surface area contributed by atoms with Gasteiger partial charge in [-0.2, -0.15) is 0 Å². The average Bonchev–Trinajstić information content (AvgIpc) is 1.55. The van der Waals surface area contributed by atoms with Crippen LogP contribution in [-0.2, 0) is 49.9 Å². The molecule has 25 rings (SSSR count). The van der Waals surface area contributed by atoms with E-state index < -0.39 is 0 Å². The Hall–Kier alpha value is -13.6. The lowest BCUT2D eigenvalue weighted by Gasteiger charge is -2.35. The average molecular weight is 1730 g/mol. The molecule has 9 nitrogen and oxygen atoms in total. The molecular formula is C123H117N5O4+4. The third-order valence-corrected chi connectivity index (χ3v) is 30.5. The number of hydrogen-bond donors (Lipinski definition) is 0. The third kappa shape index (κ3) is 12.7. The van der Waals surface area contributed by atoms with Crippen LogP contribution in [0.4, 0.5) is 0 Å². The van der Waals surface area contributed by atoms with Crippen LogP contribution in [0.5, 0.6) is 0 Å². The first-order valence-corrected chi connectivity index (χ1v) is 47.6. The molecule has 0 bridgehead atoms. The highest BCUT2D eigenvalue weighted by Gasteiger charge is 2.49. The normalized spacial score (nSPS) is 14.7. The van der Waals surface area contributed by atoms with E-state index in [4.69, 9.17) is 22.7 Å². The summed E-state index contributed by atoms with van der Waals surface area (Å²) in [6.07, 6.45) is 18.0. The van der Waals surface area contributed by atoms with Gasteiger partial charge >= 0.3 is 0 Å². The minimum atomic E-state index is -0.138. The van der Waals surface area contributed by atoms with Crippen LogP contribution >= 0.6 is 0 Å². The van der Waals surface area contributed by atoms with Crippen LogP contribution in [0.1, 0.15) is 183 Å². The molecule has 0 N–H and O–H groups in total. The summed E-state index contributed by atoms with van der Waals surface area (Å²) in [5.41, 5.74) is 49.0. The summed E-state index contributed by atoms with van der Waals surface area (Å²) in [6.45, 7) is 35.9. The molecule has 5 aliphatic carbocycles. The molecule has 0 saturated heterocycles. The van der Waals surface area contributed by atoms with E-state index >= 15 is 0 Å². The number of nitrogens with zero attached hydrogens (tertiary/aromatic N) is 5. The SMILES string of the molecule is Cc1ccc(-c2c(C)ccc3c2oc2c4c(ccc23)C(C)(C)c2ncccc2-4)[n+](C)c1.Cc1ccc(-c2c(C)ccc3c2oc2ccc4c(c23)-c2ccccc2C4(C)C)[n+](C)c1.Cc1ccc(-c2c(C)ccc3c2oc2ccc4c(c23)-c2ccccc2C4(CC(C)C)CC(C)C)[n+](C)c1.Cc1ccc(-c2c(C)ccc3c2oc2ccc4c(c23)-c2ccccc2C42CCCC2)[n+](C)c1. The Labute approximate surface area is 774 Å². The minimum Gasteiger partial charge on any atom is -0.455 e. The van der Waals surface area contributed by atoms with Gasteiger partial charge in [-0.25, -0.2) is 18.3 Å². The van der Waals surface area contributed by atoms with Gasteiger partial charge in [0.15, 0.2) is 24.8 Å². The summed E-state index contributed by atoms with van der Waals surface area (Å²) in [5.74, 6) is 1.20. The maximum Gasteiger partial charge on any atom is 0.216 e. The summed E-state index contributed by atoms with van der Waals surface area (Å²) in [6, 6.07) is 84.9. The van der Waals surface area contributed by atoms with E-state index in [1.807, 2.05) is 12.3 Å². The number of furan rings is 4. The smallest absolute Gasteiger partial charge is 0.216 e. The Morgan fingerprint density at radius 2 is 0.629 bits per heavy atom. The van der Waals surface area contributed by atoms with Gasteiger partial charge in [-0.15, -0.1) is 0 Å². The van der Waals surface area contributed by atoms with E-state index in [-0.39, 0.29) is 21.7 Å². The van der Waals surface area contributed by atoms with Crippen molar-refractivity contribution in [2.75, 3.05) is 0 Å². The fourth-order valence-corrected chi connectivity index (χ4v) is 24.9. The molecule has 132 heavy (non-hydrogen) atoms. The molecule has 1 saturated carbocycles. The zero-order valence-corrected chi connectivity index (χ0v) is 80.1. The second-order valence-electron chi connectivity index (χ2n) is 41.1. The van der Waals surface area contributed by atoms with Gasteiger partial charge in [0.05, 0.1) is 27.9 Å². The van der Waals surface area contributed by atoms with E-state index in [2.05, 4.69) is 406 Å². The van der Waals surface area contributed by atoms with Crippen LogP contribution in [0.15, 0.2) is 279 Å². The molecule has 0 aliphatic heterocycles. The van der Waals surface area contributed by atoms with E-state index in [1.54, 1.807) is 0 Å². The maximum absolute atomic E-state index is 6.76. The summed E-state index contributed by atoms with van der Waals surface area (Å²) >= 11 is 0. The Balaban J connectivity index is 0.000000103. The molecule has 11 aromatic carbocycles. The first kappa shape index (κ1) is 83.9. The van der Waals surface area contributed by atoms with Crippen molar-refractivity contribution in [3.05, 3.63) is 351 Å². The Morgan fingerprint density at radius 3 is 1.07 bits per heavy atom. The van der Waals surface area contributed by atoms with Crippen molar-refractivity contribution < 1.29 is 35.9 Å². The van der Waals surface area contributed by atoms with Crippen molar-refractivity contribution >= 4 is 87.8 Å². The Morgan fingerprint density at radius 1 is 0.295 bits per heavy atom. The van der Waals surface area contributed by atoms with Gasteiger partial charge in [-0.05, 0) is 236 Å². The Kier molecular flexibility index (Phi) is 19.7. The van der Waals surface area contributed by atoms with Crippen molar-refractivity contribution in [2.24, 2.45) is 40.0 Å². The first-order valence-electron chi connectivity index (χ1n) is 47.6. The van der Waals surface area contributed by atoms with Gasteiger partial charge in [-0.3, -0.25) is 4.98 Å². The predicted molar refractivity (Wildman–Crippen MR) is 542 cm³/mol. The third-order valence-electron chi connectivity index (χ3n) is 30.5. The number of pyridine rings is 5. The number of aromatic nitrogens is 5. The summed E-state index contributed by atoms with van der Waals surface area (Å²) < 4.78 is 35.6. The number of fused-ring (bicyclic) bond motifs is 30. The maximum atomic E-state index is 6.76. The first-order chi connectivity index (χ1) is 63.5. The number of benzene rings is 11. The lowest BCUT2D eigenvalue weighted by molar-refractivity contribution is -0.660. The van der Waals surface area contributed by atoms with Gasteiger partial charge in [-0.1, -0.05) is 226 Å². The molecule has 1 fully saturated rings. The lowest BCUT2D eigenvalue weighted by Crippen LogP contribution is -2.31. The molecule has 9 heterocycles. The highest BCUT2D eigenvalue weighted by molar-refractivity contribution is 6.21. The van der Waals surface area contributed by atoms with Crippen LogP contribution < -0.4 is 18.3 Å². The van der Waals surface area contributed by atoms with Crippen LogP contribution in [0.3, 0.4) is 0 Å². The van der Waals surface area contributed by atoms with Gasteiger partial charge < -0.3 is 17.7 Å². The van der Waals surface area contributed by atoms with Crippen LogP contribution in [0.25, 0.3) is 177 Å². The van der Waals surface area contributed by atoms with E-state index in [0.29, 0.717) is 11.8 Å². The molecule has 0 unspecified atom stereocenters. The fraction of sp³-hybridized carbons (Fsp3) is 0.260. The van der Waals surface area contributed by atoms with Crippen molar-refractivity contribution in [1.82, 2.24) is 4.98 Å². The van der Waals surface area contributed by atoms with E-state index in [1.165, 1.54) is 220 Å². The molecule has 0 amide bonds. The van der Waals surface area contributed by atoms with E-state index in [0.717, 1.165) is 85.2 Å². The summed E-state index contributed by atoms with van der Waals surface area (Å²) in [7, 11) is 8.47. The lowest BCUT2D eigenvalue weighted by atomic mass is 9.68. The zero-order chi connectivity index (χ0) is 91.4. The fourth-order valence-electron chi connectivity index (χ4n) is 24.9. The molecule has 1 spiro atoms. The Bertz CT molecular complexity index is 8190. The van der Waals surface area contributed by atoms with Crippen LogP contribution in [0.2, 0.25) is 0 Å². The quantitative estimate of drug-likeness (QED) is 0.142. The standard InChI is InChI=1S/C35H38NO.C31H28NO.C29H26NO.C28H25N2O/c1-21(2)18-35(19-22(3)4)27-11-9-8-10-25(27)32-28(35)15-17-30-33(32)26-14-13-24(6)31(34(26)37-30)29-16-12-23(5)20-36(29)7;1-19-10-14-25(32(3)18-19)27-20(2)11-12-22-29-26(33-30(22)27)15-13-24-28(29)21-8-4-5-9-23(21)31(24)16-6-7-17-31;1-17-10-14-23(30(5)16-17)25-18(2)11-12-20-27-24(31-28(20)25)15-13-22-26(27)19-8-6-7-9-21(19)29(22,3)4;1-16-8-13-22(30(5)15-16)23-17(2)9-10-18-19-11-12-21-24(26(19)31-25(18)23)20-7-6-14-29-27(20)28(21,3)4/h8-17,20-22H,18-19H2,1-7H3;4-5,8-15,18H,6-7,16-17H2,1-3H3;6-16H,1-5H3;6-15H,1-5H3/q4*+1. The van der Waals surface area contributed by atoms with E-state index in [9.17, 15) is 0 Å². The topological polar surface area (TPSA) is 81.0 Å². The molecule has 0 atom stereocenters. The van der Waals surface area contributed by atoms with Gasteiger partial charge in [0, 0.05) is 129 Å². The minimum absolute atomic E-state index is 0.0133. The second kappa shape index (κ2) is 31.0. The van der Waals surface area contributed by atoms with Gasteiger partial charge in [0.2, 0.25) is 22.8 Å². The number of hydrogen-bond acceptors (Lipinski definition) is 5. The van der Waals surface area contributed by atoms with Crippen molar-refractivity contribution in [3.63, 3.8) is 0 Å². The number of aryl methyl sites for hydroxylation is 12. The molecular weight excluding hydrogens is 1610 g/mol. The second-order valence-corrected chi connectivity index (χ2v) is 41.1. The highest BCUT2D eigenvalue weighted by Crippen LogP contribution is 2.63. The zero-order valence-electron chi connectivity index (χ0n) is 80.1. The van der Waals surface area contributed by atoms with Crippen molar-refractivity contribution in [2.45, 2.75) is 171 Å². The summed E-state index contributed by atoms with van der Waals surface area (Å²) in [5, 5.41) is 9.76. The molecule has 9 aromatic heterocycles. The predicted octanol–water partition coefficient (Wildman–Crippen LogP) is 30.0. The molecule has 20 aromatic rings. The molecule has 0 radical (unpaired) electrons. The van der Waals surface area contributed by atoms with Crippen LogP contribution in [-0.4, -0.2) is 4.98 Å².